The molecule has 0 N–H and O–H groups in total. The van der Waals surface area contributed by atoms with Gasteiger partial charge in [0.05, 0.1) is 11.4 Å². The van der Waals surface area contributed by atoms with E-state index in [1.54, 1.807) is 6.92 Å². The first kappa shape index (κ1) is 25.6. The highest BCUT2D eigenvalue weighted by molar-refractivity contribution is 7.80. The van der Waals surface area contributed by atoms with Crippen LogP contribution in [0.4, 0.5) is 0 Å². The molecule has 0 fully saturated rings. The number of unbranched alkanes of at least 4 members (excludes halogenated alkanes) is 3. The van der Waals surface area contributed by atoms with Gasteiger partial charge < -0.3 is 4.18 Å². The summed E-state index contributed by atoms with van der Waals surface area (Å²) < 4.78 is 18.8. The number of rotatable bonds is 12. The van der Waals surface area contributed by atoms with Crippen molar-refractivity contribution in [2.45, 2.75) is 45.6 Å². The van der Waals surface area contributed by atoms with Crippen LogP contribution >= 0.6 is 0 Å². The first-order valence-corrected chi connectivity index (χ1v) is 13.8. The lowest BCUT2D eigenvalue weighted by atomic mass is 9.96. The molecule has 0 spiro atoms. The lowest BCUT2D eigenvalue weighted by Crippen LogP contribution is -2.09. The Balaban J connectivity index is 1.56. The van der Waals surface area contributed by atoms with E-state index >= 15 is 0 Å². The lowest BCUT2D eigenvalue weighted by Gasteiger charge is -2.11. The van der Waals surface area contributed by atoms with E-state index in [0.29, 0.717) is 5.75 Å². The van der Waals surface area contributed by atoms with Crippen molar-refractivity contribution in [3.8, 4) is 33.6 Å². The minimum atomic E-state index is -1.53. The van der Waals surface area contributed by atoms with Crippen molar-refractivity contribution < 1.29 is 13.2 Å². The van der Waals surface area contributed by atoms with Crippen LogP contribution in [-0.2, 0) is 26.6 Å². The van der Waals surface area contributed by atoms with Crippen molar-refractivity contribution in [1.82, 2.24) is 9.78 Å². The second kappa shape index (κ2) is 13.0. The fraction of sp³-hybridized carbons (Fsp3) is 0.267. The normalized spacial score (nSPS) is 11.8. The number of nitrogens with zero attached hydrogens (tertiary/aromatic N) is 2. The van der Waals surface area contributed by atoms with Crippen LogP contribution < -0.4 is 0 Å². The quantitative estimate of drug-likeness (QED) is 0.195. The summed E-state index contributed by atoms with van der Waals surface area (Å²) in [6, 6.07) is 31.2. The van der Waals surface area contributed by atoms with Gasteiger partial charge in [-0.15, -0.1) is 0 Å². The molecular formula is C30H32N2O3S. The number of carbonyl (C=O) groups excluding carboxylic acids is 1. The summed E-state index contributed by atoms with van der Waals surface area (Å²) in [4.78, 5) is 11.3. The van der Waals surface area contributed by atoms with Crippen molar-refractivity contribution in [1.29, 1.82) is 0 Å². The molecule has 0 aliphatic rings. The number of benzene rings is 3. The van der Waals surface area contributed by atoms with Crippen molar-refractivity contribution in [2.75, 3.05) is 5.75 Å². The topological polar surface area (TPSA) is 61.2 Å². The number of aryl methyl sites for hydroxylation is 1. The van der Waals surface area contributed by atoms with Gasteiger partial charge in [0.25, 0.3) is 0 Å². The van der Waals surface area contributed by atoms with Crippen molar-refractivity contribution >= 4 is 17.0 Å². The van der Waals surface area contributed by atoms with Crippen LogP contribution in [-0.4, -0.2) is 25.7 Å². The highest BCUT2D eigenvalue weighted by Gasteiger charge is 2.21. The van der Waals surface area contributed by atoms with E-state index in [2.05, 4.69) is 65.3 Å². The monoisotopic (exact) mass is 500 g/mol. The molecule has 36 heavy (non-hydrogen) atoms. The molecule has 6 heteroatoms. The van der Waals surface area contributed by atoms with Crippen LogP contribution in [0.3, 0.4) is 0 Å². The molecule has 4 aromatic rings. The second-order valence-electron chi connectivity index (χ2n) is 8.62. The van der Waals surface area contributed by atoms with E-state index in [9.17, 15) is 9.00 Å². The first-order valence-electron chi connectivity index (χ1n) is 12.5. The third-order valence-corrected chi connectivity index (χ3v) is 7.01. The predicted molar refractivity (Wildman–Crippen MR) is 146 cm³/mol. The van der Waals surface area contributed by atoms with Crippen LogP contribution in [0.15, 0.2) is 91.0 Å². The second-order valence-corrected chi connectivity index (χ2v) is 9.81. The number of aromatic nitrogens is 2. The molecule has 1 unspecified atom stereocenters. The van der Waals surface area contributed by atoms with Gasteiger partial charge in [-0.1, -0.05) is 111 Å². The summed E-state index contributed by atoms with van der Waals surface area (Å²) in [5.74, 6) is -0.0251. The Kier molecular flexibility index (Phi) is 9.22. The highest BCUT2D eigenvalue weighted by atomic mass is 32.2. The molecule has 186 valence electrons. The summed E-state index contributed by atoms with van der Waals surface area (Å²) in [5, 5.41) is 5.13. The maximum Gasteiger partial charge on any atom is 0.319 e. The summed E-state index contributed by atoms with van der Waals surface area (Å²) in [6.45, 7) is 2.48. The molecule has 0 amide bonds. The Hall–Kier alpha value is -3.51. The molecule has 4 rings (SSSR count). The smallest absolute Gasteiger partial charge is 0.319 e. The van der Waals surface area contributed by atoms with Crippen molar-refractivity contribution in [2.24, 2.45) is 0 Å². The fourth-order valence-corrected chi connectivity index (χ4v) is 5.08. The van der Waals surface area contributed by atoms with Gasteiger partial charge in [0.15, 0.2) is 0 Å². The molecule has 0 saturated heterocycles. The zero-order valence-corrected chi connectivity index (χ0v) is 21.5. The summed E-state index contributed by atoms with van der Waals surface area (Å²) >= 11 is -1.53. The molecule has 1 aromatic heterocycles. The maximum atomic E-state index is 11.8. The summed E-state index contributed by atoms with van der Waals surface area (Å²) in [5.41, 5.74) is 6.62. The van der Waals surface area contributed by atoms with E-state index in [1.807, 2.05) is 30.3 Å². The zero-order chi connectivity index (χ0) is 25.2. The maximum absolute atomic E-state index is 11.8. The average Bonchev–Trinajstić information content (AvgIpc) is 3.31. The van der Waals surface area contributed by atoms with Gasteiger partial charge >= 0.3 is 5.97 Å². The Labute approximate surface area is 215 Å². The van der Waals surface area contributed by atoms with Gasteiger partial charge in [-0.05, 0) is 18.4 Å². The minimum Gasteiger partial charge on any atom is -0.364 e. The SMILES string of the molecule is CCC(=O)OS(=O)CCCCCCn1nc(-c2ccccc2)c(-c2ccccc2)c1-c1ccccc1. The first-order chi connectivity index (χ1) is 17.7. The van der Waals surface area contributed by atoms with Crippen LogP contribution in [0.1, 0.15) is 39.0 Å². The standard InChI is InChI=1S/C30H32N2O3S/c1-2-27(33)35-36(34)23-15-4-3-14-22-32-30(26-20-12-7-13-21-26)28(24-16-8-5-9-17-24)29(31-32)25-18-10-6-11-19-25/h5-13,16-21H,2-4,14-15,22-23H2,1H3. The van der Waals surface area contributed by atoms with Gasteiger partial charge in [-0.3, -0.25) is 9.48 Å². The Morgan fingerprint density at radius 2 is 1.33 bits per heavy atom. The lowest BCUT2D eigenvalue weighted by molar-refractivity contribution is -0.133. The summed E-state index contributed by atoms with van der Waals surface area (Å²) in [7, 11) is 0. The molecule has 0 radical (unpaired) electrons. The van der Waals surface area contributed by atoms with Gasteiger partial charge in [-0.25, -0.2) is 4.21 Å². The average molecular weight is 501 g/mol. The molecule has 0 aliphatic heterocycles. The molecule has 5 nitrogen and oxygen atoms in total. The van der Waals surface area contributed by atoms with Crippen LogP contribution in [0.25, 0.3) is 33.6 Å². The van der Waals surface area contributed by atoms with Gasteiger partial charge in [0.1, 0.15) is 5.69 Å². The van der Waals surface area contributed by atoms with Crippen LogP contribution in [0, 0.1) is 0 Å². The Morgan fingerprint density at radius 3 is 1.94 bits per heavy atom. The van der Waals surface area contributed by atoms with Gasteiger partial charge in [0, 0.05) is 29.7 Å². The van der Waals surface area contributed by atoms with Crippen LogP contribution in [0.5, 0.6) is 0 Å². The Bertz CT molecular complexity index is 1270. The number of hydrogen-bond donors (Lipinski definition) is 0. The zero-order valence-electron chi connectivity index (χ0n) is 20.6. The minimum absolute atomic E-state index is 0.245. The number of hydrogen-bond acceptors (Lipinski definition) is 4. The third kappa shape index (κ3) is 6.58. The third-order valence-electron chi connectivity index (χ3n) is 6.01. The van der Waals surface area contributed by atoms with Gasteiger partial charge in [-0.2, -0.15) is 5.10 Å². The van der Waals surface area contributed by atoms with E-state index in [0.717, 1.165) is 65.9 Å². The summed E-state index contributed by atoms with van der Waals surface area (Å²) in [6.07, 6.45) is 3.86. The van der Waals surface area contributed by atoms with E-state index in [4.69, 9.17) is 9.28 Å². The highest BCUT2D eigenvalue weighted by Crippen LogP contribution is 2.40. The predicted octanol–water partition coefficient (Wildman–Crippen LogP) is 7.06. The van der Waals surface area contributed by atoms with Gasteiger partial charge in [0.2, 0.25) is 11.1 Å². The van der Waals surface area contributed by atoms with E-state index in [-0.39, 0.29) is 6.42 Å². The largest absolute Gasteiger partial charge is 0.364 e. The molecule has 1 atom stereocenters. The van der Waals surface area contributed by atoms with Crippen molar-refractivity contribution in [3.63, 3.8) is 0 Å². The van der Waals surface area contributed by atoms with Crippen LogP contribution in [0.2, 0.25) is 0 Å². The molecular weight excluding hydrogens is 468 g/mol. The number of carbonyl (C=O) groups is 1. The fourth-order valence-electron chi connectivity index (χ4n) is 4.23. The Morgan fingerprint density at radius 1 is 0.778 bits per heavy atom. The van der Waals surface area contributed by atoms with E-state index in [1.165, 1.54) is 0 Å². The molecule has 0 saturated carbocycles. The van der Waals surface area contributed by atoms with E-state index < -0.39 is 17.0 Å². The molecule has 0 aliphatic carbocycles. The van der Waals surface area contributed by atoms with Crippen molar-refractivity contribution in [3.05, 3.63) is 91.0 Å². The molecule has 1 heterocycles. The molecule has 3 aromatic carbocycles. The molecule has 0 bridgehead atoms.